The van der Waals surface area contributed by atoms with E-state index in [0.29, 0.717) is 0 Å². The second-order valence-corrected chi connectivity index (χ2v) is 3.92. The average Bonchev–Trinajstić information content (AvgIpc) is 2.41. The molecule has 0 fully saturated rings. The number of hydrogen-bond acceptors (Lipinski definition) is 2. The van der Waals surface area contributed by atoms with E-state index < -0.39 is 27.9 Å². The number of halogens is 4. The number of Topliss-reactive ketones (excluding diaryl/α,β-unsaturated/α-hetero) is 1. The van der Waals surface area contributed by atoms with Gasteiger partial charge >= 0.3 is 6.18 Å². The number of rotatable bonds is 0. The molecule has 2 rings (SSSR count). The van der Waals surface area contributed by atoms with E-state index in [1.54, 1.807) is 0 Å². The van der Waals surface area contributed by atoms with Gasteiger partial charge in [0.05, 0.1) is 16.8 Å². The van der Waals surface area contributed by atoms with Gasteiger partial charge in [-0.25, -0.2) is 0 Å². The van der Waals surface area contributed by atoms with Gasteiger partial charge in [-0.1, -0.05) is 0 Å². The molecular weight excluding hydrogens is 291 g/mol. The zero-order valence-electron chi connectivity index (χ0n) is 7.48. The van der Waals surface area contributed by atoms with E-state index in [1.165, 1.54) is 0 Å². The van der Waals surface area contributed by atoms with Crippen LogP contribution < -0.4 is 5.32 Å². The lowest BCUT2D eigenvalue weighted by Crippen LogP contribution is -2.13. The molecule has 16 heavy (non-hydrogen) atoms. The lowest BCUT2D eigenvalue weighted by molar-refractivity contribution is -0.138. The third kappa shape index (κ3) is 1.51. The molecule has 0 atom stereocenters. The maximum Gasteiger partial charge on any atom is 0.417 e. The van der Waals surface area contributed by atoms with E-state index in [-0.39, 0.29) is 11.3 Å². The third-order valence-electron chi connectivity index (χ3n) is 2.13. The Morgan fingerprint density at radius 3 is 2.38 bits per heavy atom. The molecule has 1 N–H and O–H groups in total. The van der Waals surface area contributed by atoms with Crippen LogP contribution >= 0.6 is 15.9 Å². The minimum Gasteiger partial charge on any atom is -0.318 e. The summed E-state index contributed by atoms with van der Waals surface area (Å²) in [6.45, 7) is 0. The number of hydrogen-bond donors (Lipinski definition) is 1. The van der Waals surface area contributed by atoms with Crippen molar-refractivity contribution in [1.82, 2.24) is 0 Å². The molecule has 1 aromatic rings. The van der Waals surface area contributed by atoms with Crippen LogP contribution in [0.5, 0.6) is 0 Å². The van der Waals surface area contributed by atoms with E-state index >= 15 is 0 Å². The predicted octanol–water partition coefficient (Wildman–Crippen LogP) is 2.60. The Hall–Kier alpha value is -1.37. The standard InChI is InChI=1S/C9H3BrF3NO2/c10-6-3(9(11,12)13)1-2-4-5(6)7(15)8(16)14-4/h1-2H,(H,14,15,16). The van der Waals surface area contributed by atoms with Crippen LogP contribution in [0.3, 0.4) is 0 Å². The number of fused-ring (bicyclic) bond motifs is 1. The number of carbonyl (C=O) groups excluding carboxylic acids is 2. The van der Waals surface area contributed by atoms with E-state index in [9.17, 15) is 22.8 Å². The molecule has 0 bridgehead atoms. The molecule has 3 nitrogen and oxygen atoms in total. The zero-order valence-corrected chi connectivity index (χ0v) is 9.07. The van der Waals surface area contributed by atoms with E-state index in [0.717, 1.165) is 12.1 Å². The van der Waals surface area contributed by atoms with Crippen molar-refractivity contribution in [3.63, 3.8) is 0 Å². The SMILES string of the molecule is O=C1Nc2ccc(C(F)(F)F)c(Br)c2C1=O. The first kappa shape index (κ1) is 11.1. The molecule has 0 saturated carbocycles. The predicted molar refractivity (Wildman–Crippen MR) is 52.1 cm³/mol. The summed E-state index contributed by atoms with van der Waals surface area (Å²) >= 11 is 2.70. The van der Waals surface area contributed by atoms with Gasteiger partial charge in [0.15, 0.2) is 0 Å². The van der Waals surface area contributed by atoms with Gasteiger partial charge in [-0.15, -0.1) is 0 Å². The smallest absolute Gasteiger partial charge is 0.318 e. The number of alkyl halides is 3. The minimum atomic E-state index is -4.57. The van der Waals surface area contributed by atoms with Crippen molar-refractivity contribution >= 4 is 33.3 Å². The normalized spacial score (nSPS) is 15.0. The summed E-state index contributed by atoms with van der Waals surface area (Å²) in [5, 5.41) is 2.18. The quantitative estimate of drug-likeness (QED) is 0.748. The van der Waals surface area contributed by atoms with Crippen LogP contribution in [0.4, 0.5) is 18.9 Å². The number of benzene rings is 1. The first-order chi connectivity index (χ1) is 7.32. The molecule has 0 spiro atoms. The van der Waals surface area contributed by atoms with Gasteiger partial charge in [-0.3, -0.25) is 9.59 Å². The van der Waals surface area contributed by atoms with Crippen molar-refractivity contribution in [2.45, 2.75) is 6.18 Å². The van der Waals surface area contributed by atoms with Gasteiger partial charge in [-0.05, 0) is 28.1 Å². The van der Waals surface area contributed by atoms with Crippen LogP contribution in [0.25, 0.3) is 0 Å². The molecule has 0 unspecified atom stereocenters. The summed E-state index contributed by atoms with van der Waals surface area (Å²) in [6, 6.07) is 1.87. The fraction of sp³-hybridized carbons (Fsp3) is 0.111. The van der Waals surface area contributed by atoms with Gasteiger partial charge in [0.25, 0.3) is 11.7 Å². The first-order valence-electron chi connectivity index (χ1n) is 4.07. The van der Waals surface area contributed by atoms with Crippen molar-refractivity contribution < 1.29 is 22.8 Å². The van der Waals surface area contributed by atoms with Crippen molar-refractivity contribution in [2.75, 3.05) is 5.32 Å². The van der Waals surface area contributed by atoms with Gasteiger partial charge < -0.3 is 5.32 Å². The number of nitrogens with one attached hydrogen (secondary N) is 1. The highest BCUT2D eigenvalue weighted by Gasteiger charge is 2.38. The van der Waals surface area contributed by atoms with Crippen LogP contribution in [0.15, 0.2) is 16.6 Å². The Bertz CT molecular complexity index is 510. The number of anilines is 1. The van der Waals surface area contributed by atoms with Crippen LogP contribution in [-0.4, -0.2) is 11.7 Å². The molecular formula is C9H3BrF3NO2. The Kier molecular flexibility index (Phi) is 2.30. The number of amides is 1. The number of ketones is 1. The minimum absolute atomic E-state index is 0.0925. The maximum atomic E-state index is 12.5. The monoisotopic (exact) mass is 293 g/mol. The first-order valence-corrected chi connectivity index (χ1v) is 4.87. The molecule has 1 aliphatic heterocycles. The maximum absolute atomic E-state index is 12.5. The van der Waals surface area contributed by atoms with Gasteiger partial charge in [0.2, 0.25) is 0 Å². The molecule has 1 heterocycles. The Morgan fingerprint density at radius 2 is 1.81 bits per heavy atom. The van der Waals surface area contributed by atoms with Crippen LogP contribution in [0.1, 0.15) is 15.9 Å². The Balaban J connectivity index is 2.67. The lowest BCUT2D eigenvalue weighted by Gasteiger charge is -2.10. The topological polar surface area (TPSA) is 46.2 Å². The molecule has 1 amide bonds. The van der Waals surface area contributed by atoms with Crippen molar-refractivity contribution in [1.29, 1.82) is 0 Å². The molecule has 0 aromatic heterocycles. The summed E-state index contributed by atoms with van der Waals surface area (Å²) in [7, 11) is 0. The summed E-state index contributed by atoms with van der Waals surface area (Å²) in [6.07, 6.45) is -4.57. The summed E-state index contributed by atoms with van der Waals surface area (Å²) in [5.74, 6) is -1.89. The van der Waals surface area contributed by atoms with Crippen molar-refractivity contribution in [2.24, 2.45) is 0 Å². The summed E-state index contributed by atoms with van der Waals surface area (Å²) in [4.78, 5) is 22.3. The van der Waals surface area contributed by atoms with E-state index in [2.05, 4.69) is 21.2 Å². The Morgan fingerprint density at radius 1 is 1.19 bits per heavy atom. The molecule has 0 radical (unpaired) electrons. The summed E-state index contributed by atoms with van der Waals surface area (Å²) in [5.41, 5.74) is -1.15. The van der Waals surface area contributed by atoms with E-state index in [1.807, 2.05) is 0 Å². The molecule has 0 aliphatic carbocycles. The van der Waals surface area contributed by atoms with Gasteiger partial charge in [-0.2, -0.15) is 13.2 Å². The highest BCUT2D eigenvalue weighted by atomic mass is 79.9. The molecule has 7 heteroatoms. The zero-order chi connectivity index (χ0) is 12.1. The van der Waals surface area contributed by atoms with Crippen LogP contribution in [-0.2, 0) is 11.0 Å². The van der Waals surface area contributed by atoms with Crippen molar-refractivity contribution in [3.8, 4) is 0 Å². The van der Waals surface area contributed by atoms with Gasteiger partial charge in [0, 0.05) is 4.47 Å². The lowest BCUT2D eigenvalue weighted by atomic mass is 10.1. The van der Waals surface area contributed by atoms with Crippen LogP contribution in [0, 0.1) is 0 Å². The third-order valence-corrected chi connectivity index (χ3v) is 2.95. The largest absolute Gasteiger partial charge is 0.417 e. The second-order valence-electron chi connectivity index (χ2n) is 3.13. The average molecular weight is 294 g/mol. The van der Waals surface area contributed by atoms with Crippen molar-refractivity contribution in [3.05, 3.63) is 27.7 Å². The number of carbonyl (C=O) groups is 2. The highest BCUT2D eigenvalue weighted by molar-refractivity contribution is 9.10. The molecule has 0 saturated heterocycles. The van der Waals surface area contributed by atoms with Crippen LogP contribution in [0.2, 0.25) is 0 Å². The molecule has 1 aromatic carbocycles. The Labute approximate surface area is 95.8 Å². The second kappa shape index (κ2) is 3.31. The molecule has 84 valence electrons. The molecule has 1 aliphatic rings. The summed E-state index contributed by atoms with van der Waals surface area (Å²) < 4.78 is 37.1. The highest BCUT2D eigenvalue weighted by Crippen LogP contribution is 2.40. The van der Waals surface area contributed by atoms with Gasteiger partial charge in [0.1, 0.15) is 0 Å². The van der Waals surface area contributed by atoms with E-state index in [4.69, 9.17) is 0 Å². The fourth-order valence-electron chi connectivity index (χ4n) is 1.41. The fourth-order valence-corrected chi connectivity index (χ4v) is 2.16.